The first-order valence-corrected chi connectivity index (χ1v) is 10.3. The first-order valence-electron chi connectivity index (χ1n) is 10.3. The van der Waals surface area contributed by atoms with E-state index in [-0.39, 0.29) is 17.4 Å². The van der Waals surface area contributed by atoms with Crippen molar-refractivity contribution < 1.29 is 18.3 Å². The van der Waals surface area contributed by atoms with Gasteiger partial charge >= 0.3 is 0 Å². The molecule has 3 N–H and O–H groups in total. The van der Waals surface area contributed by atoms with Crippen LogP contribution in [0.25, 0.3) is 0 Å². The summed E-state index contributed by atoms with van der Waals surface area (Å²) in [5, 5.41) is 8.20. The zero-order chi connectivity index (χ0) is 22.3. The smallest absolute Gasteiger partial charge is 0.215 e. The first kappa shape index (κ1) is 21.5. The molecule has 3 atom stereocenters. The van der Waals surface area contributed by atoms with Gasteiger partial charge in [-0.2, -0.15) is 0 Å². The van der Waals surface area contributed by atoms with Crippen molar-refractivity contribution >= 4 is 12.2 Å². The van der Waals surface area contributed by atoms with Crippen LogP contribution < -0.4 is 5.73 Å². The Morgan fingerprint density at radius 1 is 1.42 bits per heavy atom. The molecule has 1 aromatic carbocycles. The van der Waals surface area contributed by atoms with E-state index in [4.69, 9.17) is 15.9 Å². The van der Waals surface area contributed by atoms with Gasteiger partial charge in [0.1, 0.15) is 17.7 Å². The van der Waals surface area contributed by atoms with Crippen LogP contribution in [0.4, 0.5) is 8.78 Å². The zero-order valence-corrected chi connectivity index (χ0v) is 17.5. The molecule has 1 aromatic heterocycles. The van der Waals surface area contributed by atoms with Gasteiger partial charge in [0.2, 0.25) is 6.41 Å². The van der Waals surface area contributed by atoms with Crippen molar-refractivity contribution in [2.24, 2.45) is 5.73 Å². The molecular formula is C21H26F2N6O2. The van der Waals surface area contributed by atoms with Crippen molar-refractivity contribution in [3.05, 3.63) is 52.6 Å². The van der Waals surface area contributed by atoms with Crippen LogP contribution in [-0.2, 0) is 29.2 Å². The molecule has 3 heterocycles. The van der Waals surface area contributed by atoms with Gasteiger partial charge in [0.05, 0.1) is 18.0 Å². The summed E-state index contributed by atoms with van der Waals surface area (Å²) in [7, 11) is 1.53. The lowest BCUT2D eigenvalue weighted by Gasteiger charge is -2.38. The Balaban J connectivity index is 1.47. The van der Waals surface area contributed by atoms with Crippen molar-refractivity contribution in [3.63, 3.8) is 0 Å². The van der Waals surface area contributed by atoms with Crippen LogP contribution in [0.15, 0.2) is 18.2 Å². The van der Waals surface area contributed by atoms with Gasteiger partial charge in [-0.05, 0) is 31.5 Å². The van der Waals surface area contributed by atoms with Crippen LogP contribution >= 0.6 is 0 Å². The van der Waals surface area contributed by atoms with Gasteiger partial charge in [-0.25, -0.2) is 13.8 Å². The average Bonchev–Trinajstić information content (AvgIpc) is 3.32. The Morgan fingerprint density at radius 2 is 2.19 bits per heavy atom. The number of benzene rings is 1. The van der Waals surface area contributed by atoms with Crippen molar-refractivity contribution in [1.82, 2.24) is 19.4 Å². The summed E-state index contributed by atoms with van der Waals surface area (Å²) in [5.41, 5.74) is 8.33. The number of hydrogen-bond donors (Lipinski definition) is 2. The number of rotatable bonds is 5. The number of ether oxygens (including phenoxy) is 1. The minimum Gasteiger partial charge on any atom is -0.370 e. The van der Waals surface area contributed by atoms with Crippen molar-refractivity contribution in [1.29, 1.82) is 5.41 Å². The second-order valence-corrected chi connectivity index (χ2v) is 8.02. The van der Waals surface area contributed by atoms with E-state index in [0.717, 1.165) is 29.6 Å². The van der Waals surface area contributed by atoms with E-state index >= 15 is 0 Å². The van der Waals surface area contributed by atoms with Gasteiger partial charge in [0.15, 0.2) is 11.7 Å². The fourth-order valence-corrected chi connectivity index (χ4v) is 4.42. The Kier molecular flexibility index (Phi) is 5.87. The van der Waals surface area contributed by atoms with Crippen LogP contribution in [-0.4, -0.2) is 57.3 Å². The molecule has 2 unspecified atom stereocenters. The van der Waals surface area contributed by atoms with Crippen LogP contribution in [0.3, 0.4) is 0 Å². The van der Waals surface area contributed by atoms with Crippen molar-refractivity contribution in [2.75, 3.05) is 13.7 Å². The molecule has 2 aliphatic rings. The summed E-state index contributed by atoms with van der Waals surface area (Å²) < 4.78 is 35.6. The third-order valence-corrected chi connectivity index (χ3v) is 6.08. The standard InChI is InChI=1S/C21H26F2N6O2/c1-3-29-18-9-28(8-17(18)26-21(29)20(25)27(2)11-30)13-7-16(24)19(31-10-13)14-6-12(22)4-5-15(14)23/h4-6,11,13,16,19,25H,3,7-10,24H2,1-2H3/t13?,16?,19-/m1/s1. The van der Waals surface area contributed by atoms with E-state index in [1.54, 1.807) is 0 Å². The van der Waals surface area contributed by atoms with E-state index in [1.807, 2.05) is 11.5 Å². The number of carbonyl (C=O) groups is 1. The molecule has 1 saturated heterocycles. The number of nitrogens with one attached hydrogen (secondary N) is 1. The predicted octanol–water partition coefficient (Wildman–Crippen LogP) is 1.77. The lowest BCUT2D eigenvalue weighted by molar-refractivity contribution is -0.114. The van der Waals surface area contributed by atoms with Gasteiger partial charge in [0, 0.05) is 44.3 Å². The lowest BCUT2D eigenvalue weighted by atomic mass is 9.93. The number of halogens is 2. The summed E-state index contributed by atoms with van der Waals surface area (Å²) in [4.78, 5) is 19.0. The maximum Gasteiger partial charge on any atom is 0.215 e. The fraction of sp³-hybridized carbons (Fsp3) is 0.476. The van der Waals surface area contributed by atoms with Gasteiger partial charge < -0.3 is 15.0 Å². The van der Waals surface area contributed by atoms with E-state index in [9.17, 15) is 13.6 Å². The molecule has 0 saturated carbocycles. The molecular weight excluding hydrogens is 406 g/mol. The fourth-order valence-electron chi connectivity index (χ4n) is 4.42. The quantitative estimate of drug-likeness (QED) is 0.426. The number of imidazole rings is 1. The molecule has 0 aliphatic carbocycles. The largest absolute Gasteiger partial charge is 0.370 e. The topological polar surface area (TPSA) is 100 Å². The number of aromatic nitrogens is 2. The molecule has 31 heavy (non-hydrogen) atoms. The molecule has 2 aromatic rings. The van der Waals surface area contributed by atoms with Crippen LogP contribution in [0.5, 0.6) is 0 Å². The SMILES string of the molecule is CCn1c(C(=N)N(C)C=O)nc2c1CN(C1CO[C@H](c3cc(F)ccc3F)C(N)C1)C2. The molecule has 10 heteroatoms. The minimum atomic E-state index is -0.689. The summed E-state index contributed by atoms with van der Waals surface area (Å²) in [6.07, 6.45) is 0.478. The van der Waals surface area contributed by atoms with Crippen LogP contribution in [0, 0.1) is 17.0 Å². The molecule has 0 radical (unpaired) electrons. The van der Waals surface area contributed by atoms with E-state index in [0.29, 0.717) is 44.9 Å². The van der Waals surface area contributed by atoms with E-state index < -0.39 is 23.8 Å². The zero-order valence-electron chi connectivity index (χ0n) is 17.5. The Labute approximate surface area is 179 Å². The van der Waals surface area contributed by atoms with E-state index in [2.05, 4.69) is 9.88 Å². The molecule has 0 spiro atoms. The maximum atomic E-state index is 14.2. The number of amides is 1. The highest BCUT2D eigenvalue weighted by Crippen LogP contribution is 2.34. The maximum absolute atomic E-state index is 14.2. The minimum absolute atomic E-state index is 0.0166. The Morgan fingerprint density at radius 3 is 2.87 bits per heavy atom. The third kappa shape index (κ3) is 3.86. The number of carbonyl (C=O) groups excluding carboxylic acids is 1. The Hall–Kier alpha value is -2.69. The number of nitrogens with zero attached hydrogens (tertiary/aromatic N) is 4. The molecule has 8 nitrogen and oxygen atoms in total. The number of amidine groups is 1. The highest BCUT2D eigenvalue weighted by Gasteiger charge is 2.38. The summed E-state index contributed by atoms with van der Waals surface area (Å²) in [5.74, 6) is -0.514. The second-order valence-electron chi connectivity index (χ2n) is 8.02. The van der Waals surface area contributed by atoms with Crippen molar-refractivity contribution in [3.8, 4) is 0 Å². The summed E-state index contributed by atoms with van der Waals surface area (Å²) >= 11 is 0. The number of nitrogens with two attached hydrogens (primary N) is 1. The third-order valence-electron chi connectivity index (χ3n) is 6.08. The molecule has 1 amide bonds. The van der Waals surface area contributed by atoms with E-state index in [1.165, 1.54) is 11.9 Å². The lowest BCUT2D eigenvalue weighted by Crippen LogP contribution is -2.48. The number of fused-ring (bicyclic) bond motifs is 1. The highest BCUT2D eigenvalue weighted by molar-refractivity contribution is 5.99. The molecule has 4 rings (SSSR count). The normalized spacial score (nSPS) is 23.6. The number of hydrogen-bond acceptors (Lipinski definition) is 6. The monoisotopic (exact) mass is 432 g/mol. The second kappa shape index (κ2) is 8.45. The van der Waals surface area contributed by atoms with Gasteiger partial charge in [-0.3, -0.25) is 20.0 Å². The molecule has 1 fully saturated rings. The van der Waals surface area contributed by atoms with Gasteiger partial charge in [-0.1, -0.05) is 0 Å². The van der Waals surface area contributed by atoms with Gasteiger partial charge in [0.25, 0.3) is 0 Å². The molecule has 166 valence electrons. The average molecular weight is 432 g/mol. The Bertz CT molecular complexity index is 1010. The van der Waals surface area contributed by atoms with Crippen LogP contribution in [0.1, 0.15) is 42.2 Å². The summed E-state index contributed by atoms with van der Waals surface area (Å²) in [6, 6.07) is 2.86. The predicted molar refractivity (Wildman–Crippen MR) is 109 cm³/mol. The summed E-state index contributed by atoms with van der Waals surface area (Å²) in [6.45, 7) is 4.14. The molecule has 2 aliphatic heterocycles. The molecule has 0 bridgehead atoms. The van der Waals surface area contributed by atoms with Crippen molar-refractivity contribution in [2.45, 2.75) is 51.2 Å². The highest BCUT2D eigenvalue weighted by atomic mass is 19.1. The van der Waals surface area contributed by atoms with Gasteiger partial charge in [-0.15, -0.1) is 0 Å². The first-order chi connectivity index (χ1) is 14.8. The van der Waals surface area contributed by atoms with Crippen LogP contribution in [0.2, 0.25) is 0 Å².